The third-order valence-corrected chi connectivity index (χ3v) is 4.91. The molecule has 0 bridgehead atoms. The number of nitrogens with one attached hydrogen (secondary N) is 1. The van der Waals surface area contributed by atoms with Crippen molar-refractivity contribution in [1.82, 2.24) is 4.72 Å². The van der Waals surface area contributed by atoms with E-state index in [0.29, 0.717) is 0 Å². The lowest BCUT2D eigenvalue weighted by molar-refractivity contribution is -0.163. The molecule has 1 unspecified atom stereocenters. The minimum absolute atomic E-state index is 0.0376. The van der Waals surface area contributed by atoms with Crippen LogP contribution in [0.25, 0.3) is 0 Å². The number of benzene rings is 1. The van der Waals surface area contributed by atoms with Gasteiger partial charge in [-0.3, -0.25) is 9.59 Å². The SMILES string of the molecule is CCOC(=O)C(C(=O)OCC)[C@@H](NS(=O)C(F)(F)C(F)(F)Cl)c1ccccc1. The fourth-order valence-corrected chi connectivity index (χ4v) is 3.19. The number of hydrogen-bond donors (Lipinski definition) is 1. The lowest BCUT2D eigenvalue weighted by atomic mass is 9.94. The lowest BCUT2D eigenvalue weighted by Crippen LogP contribution is -2.49. The molecule has 1 N–H and O–H groups in total. The second-order valence-corrected chi connectivity index (χ2v) is 7.03. The van der Waals surface area contributed by atoms with E-state index in [1.165, 1.54) is 38.1 Å². The van der Waals surface area contributed by atoms with Gasteiger partial charge < -0.3 is 9.47 Å². The number of esters is 2. The highest BCUT2D eigenvalue weighted by molar-refractivity contribution is 7.84. The number of rotatable bonds is 10. The van der Waals surface area contributed by atoms with Crippen molar-refractivity contribution < 1.29 is 40.8 Å². The molecule has 0 amide bonds. The van der Waals surface area contributed by atoms with Crippen LogP contribution in [0.4, 0.5) is 17.6 Å². The van der Waals surface area contributed by atoms with Crippen LogP contribution in [-0.2, 0) is 30.0 Å². The van der Waals surface area contributed by atoms with Crippen LogP contribution in [0, 0.1) is 5.92 Å². The molecule has 0 aliphatic rings. The van der Waals surface area contributed by atoms with Gasteiger partial charge in [0.2, 0.25) is 0 Å². The Hall–Kier alpha value is -1.72. The molecule has 0 aliphatic carbocycles. The third-order valence-electron chi connectivity index (χ3n) is 3.37. The van der Waals surface area contributed by atoms with E-state index in [9.17, 15) is 31.4 Å². The van der Waals surface area contributed by atoms with Crippen molar-refractivity contribution in [3.8, 4) is 0 Å². The molecule has 0 radical (unpaired) electrons. The third kappa shape index (κ3) is 5.89. The summed E-state index contributed by atoms with van der Waals surface area (Å²) in [6.45, 7) is 2.56. The highest BCUT2D eigenvalue weighted by Crippen LogP contribution is 2.40. The minimum Gasteiger partial charge on any atom is -0.465 e. The summed E-state index contributed by atoms with van der Waals surface area (Å²) in [6, 6.07) is 5.34. The van der Waals surface area contributed by atoms with Crippen molar-refractivity contribution in [2.45, 2.75) is 30.5 Å². The Balaban J connectivity index is 3.39. The van der Waals surface area contributed by atoms with Gasteiger partial charge in [-0.2, -0.15) is 17.6 Å². The quantitative estimate of drug-likeness (QED) is 0.258. The normalized spacial score (nSPS) is 14.4. The fourth-order valence-electron chi connectivity index (χ4n) is 2.12. The first-order valence-electron chi connectivity index (χ1n) is 7.98. The van der Waals surface area contributed by atoms with Crippen LogP contribution in [-0.4, -0.2) is 40.0 Å². The van der Waals surface area contributed by atoms with E-state index in [1.54, 1.807) is 10.8 Å². The first kappa shape index (κ1) is 24.3. The van der Waals surface area contributed by atoms with Crippen LogP contribution < -0.4 is 4.72 Å². The van der Waals surface area contributed by atoms with E-state index < -0.39 is 45.5 Å². The van der Waals surface area contributed by atoms with Gasteiger partial charge in [-0.25, -0.2) is 8.93 Å². The minimum atomic E-state index is -5.20. The van der Waals surface area contributed by atoms with Crippen LogP contribution in [0.5, 0.6) is 0 Å². The summed E-state index contributed by atoms with van der Waals surface area (Å²) < 4.78 is 76.5. The van der Waals surface area contributed by atoms with Gasteiger partial charge in [0.1, 0.15) is 0 Å². The fraction of sp³-hybridized carbons (Fsp3) is 0.500. The Morgan fingerprint density at radius 1 is 1.07 bits per heavy atom. The Morgan fingerprint density at radius 3 is 1.93 bits per heavy atom. The van der Waals surface area contributed by atoms with Crippen molar-refractivity contribution in [1.29, 1.82) is 0 Å². The molecule has 0 fully saturated rings. The molecular weight excluding hydrogens is 430 g/mol. The van der Waals surface area contributed by atoms with Crippen LogP contribution in [0.2, 0.25) is 0 Å². The van der Waals surface area contributed by atoms with Gasteiger partial charge in [-0.1, -0.05) is 30.3 Å². The summed E-state index contributed by atoms with van der Waals surface area (Å²) in [6.07, 6.45) is 0. The smallest absolute Gasteiger partial charge is 0.410 e. The van der Waals surface area contributed by atoms with E-state index in [2.05, 4.69) is 11.6 Å². The van der Waals surface area contributed by atoms with Crippen molar-refractivity contribution >= 4 is 34.5 Å². The Labute approximate surface area is 166 Å². The molecule has 0 heterocycles. The van der Waals surface area contributed by atoms with Gasteiger partial charge >= 0.3 is 22.6 Å². The first-order valence-corrected chi connectivity index (χ1v) is 9.50. The largest absolute Gasteiger partial charge is 0.465 e. The van der Waals surface area contributed by atoms with E-state index in [4.69, 9.17) is 9.47 Å². The summed E-state index contributed by atoms with van der Waals surface area (Å²) in [4.78, 5) is 24.6. The zero-order valence-electron chi connectivity index (χ0n) is 14.8. The summed E-state index contributed by atoms with van der Waals surface area (Å²) in [7, 11) is -3.77. The topological polar surface area (TPSA) is 81.7 Å². The Kier molecular flexibility index (Phi) is 8.83. The monoisotopic (exact) mass is 447 g/mol. The molecule has 0 saturated carbocycles. The van der Waals surface area contributed by atoms with Gasteiger partial charge in [-0.05, 0) is 31.0 Å². The maximum Gasteiger partial charge on any atom is 0.410 e. The maximum absolute atomic E-state index is 13.7. The van der Waals surface area contributed by atoms with E-state index in [0.717, 1.165) is 0 Å². The molecule has 158 valence electrons. The number of hydrogen-bond acceptors (Lipinski definition) is 5. The van der Waals surface area contributed by atoms with Crippen molar-refractivity contribution in [3.63, 3.8) is 0 Å². The van der Waals surface area contributed by atoms with Gasteiger partial charge in [0.25, 0.3) is 0 Å². The van der Waals surface area contributed by atoms with Crippen LogP contribution in [0.15, 0.2) is 30.3 Å². The summed E-state index contributed by atoms with van der Waals surface area (Å²) in [5, 5.41) is -10.3. The van der Waals surface area contributed by atoms with E-state index in [-0.39, 0.29) is 18.8 Å². The van der Waals surface area contributed by atoms with E-state index in [1.807, 2.05) is 0 Å². The number of halogens is 5. The number of carbonyl (C=O) groups excluding carboxylic acids is 2. The van der Waals surface area contributed by atoms with Crippen LogP contribution >= 0.6 is 11.6 Å². The summed E-state index contributed by atoms with van der Waals surface area (Å²) in [5.74, 6) is -4.22. The molecule has 0 aromatic heterocycles. The molecule has 0 saturated heterocycles. The molecule has 1 rings (SSSR count). The van der Waals surface area contributed by atoms with Crippen LogP contribution in [0.3, 0.4) is 0 Å². The highest BCUT2D eigenvalue weighted by atomic mass is 35.5. The van der Waals surface area contributed by atoms with Crippen molar-refractivity contribution in [3.05, 3.63) is 35.9 Å². The Bertz CT molecular complexity index is 684. The number of alkyl halides is 5. The molecule has 28 heavy (non-hydrogen) atoms. The Morgan fingerprint density at radius 2 is 1.54 bits per heavy atom. The van der Waals surface area contributed by atoms with Crippen LogP contribution in [0.1, 0.15) is 25.5 Å². The van der Waals surface area contributed by atoms with E-state index >= 15 is 0 Å². The van der Waals surface area contributed by atoms with Gasteiger partial charge in [0.05, 0.1) is 19.3 Å². The zero-order chi connectivity index (χ0) is 21.5. The second kappa shape index (κ2) is 10.2. The molecule has 12 heteroatoms. The lowest BCUT2D eigenvalue weighted by Gasteiger charge is -2.28. The molecular formula is C16H18ClF4NO5S. The highest BCUT2D eigenvalue weighted by Gasteiger charge is 2.61. The molecule has 6 nitrogen and oxygen atoms in total. The average molecular weight is 448 g/mol. The molecule has 0 spiro atoms. The maximum atomic E-state index is 13.7. The molecule has 2 atom stereocenters. The molecule has 0 aliphatic heterocycles. The average Bonchev–Trinajstić information content (AvgIpc) is 2.61. The predicted molar refractivity (Wildman–Crippen MR) is 93.0 cm³/mol. The van der Waals surface area contributed by atoms with Gasteiger partial charge in [0, 0.05) is 0 Å². The summed E-state index contributed by atoms with van der Waals surface area (Å²) in [5.41, 5.74) is 0.0376. The molecule has 1 aromatic rings. The molecule has 1 aromatic carbocycles. The predicted octanol–water partition coefficient (Wildman–Crippen LogP) is 3.15. The van der Waals surface area contributed by atoms with Crippen molar-refractivity contribution in [2.24, 2.45) is 5.92 Å². The number of carbonyl (C=O) groups is 2. The zero-order valence-corrected chi connectivity index (χ0v) is 16.4. The van der Waals surface area contributed by atoms with Crippen molar-refractivity contribution in [2.75, 3.05) is 13.2 Å². The van der Waals surface area contributed by atoms with Gasteiger partial charge in [-0.15, -0.1) is 0 Å². The first-order chi connectivity index (χ1) is 13.0. The number of ether oxygens (including phenoxy) is 2. The second-order valence-electron chi connectivity index (χ2n) is 5.27. The van der Waals surface area contributed by atoms with Gasteiger partial charge in [0.15, 0.2) is 16.9 Å². The standard InChI is InChI=1S/C16H18ClF4NO5S/c1-3-26-13(23)11(14(24)27-4-2)12(10-8-6-5-7-9-10)22-28(25)16(20,21)15(17,18)19/h5-9,11-12,22H,3-4H2,1-2H3/t12-,28?/m0/s1. The summed E-state index contributed by atoms with van der Waals surface area (Å²) >= 11 is 4.35.